The minimum absolute atomic E-state index is 0.00883. The summed E-state index contributed by atoms with van der Waals surface area (Å²) in [4.78, 5) is 21.2. The fourth-order valence-corrected chi connectivity index (χ4v) is 2.92. The average Bonchev–Trinajstić information content (AvgIpc) is 2.63. The van der Waals surface area contributed by atoms with Crippen LogP contribution < -0.4 is 10.2 Å². The molecular formula is C19H23ClN4O. The van der Waals surface area contributed by atoms with E-state index in [1.165, 1.54) is 0 Å². The van der Waals surface area contributed by atoms with Crippen LogP contribution >= 0.6 is 11.6 Å². The number of rotatable bonds is 5. The van der Waals surface area contributed by atoms with Crippen LogP contribution in [0.25, 0.3) is 0 Å². The summed E-state index contributed by atoms with van der Waals surface area (Å²) in [6.45, 7) is 4.61. The fraction of sp³-hybridized carbons (Fsp3) is 0.368. The molecule has 1 amide bonds. The van der Waals surface area contributed by atoms with Gasteiger partial charge in [0.2, 0.25) is 5.91 Å². The number of pyridine rings is 1. The Morgan fingerprint density at radius 2 is 1.76 bits per heavy atom. The van der Waals surface area contributed by atoms with Gasteiger partial charge < -0.3 is 15.1 Å². The molecule has 1 fully saturated rings. The quantitative estimate of drug-likeness (QED) is 0.891. The standard InChI is InChI=1S/C19H23ClN4O/c1-23-8-10-24(11-9-23)18-7-4-16(13-21-18)14-22-19(25)12-15-2-5-17(20)6-3-15/h2-7,13H,8-12,14H2,1H3,(H,22,25). The number of carbonyl (C=O) groups is 1. The number of piperazine rings is 1. The number of amides is 1. The number of aromatic nitrogens is 1. The number of nitrogens with zero attached hydrogens (tertiary/aromatic N) is 3. The number of hydrogen-bond donors (Lipinski definition) is 1. The minimum atomic E-state index is -0.00883. The molecule has 2 heterocycles. The molecule has 0 atom stereocenters. The SMILES string of the molecule is CN1CCN(c2ccc(CNC(=O)Cc3ccc(Cl)cc3)cn2)CC1. The molecule has 0 aliphatic carbocycles. The normalized spacial score (nSPS) is 15.2. The average molecular weight is 359 g/mol. The zero-order chi connectivity index (χ0) is 17.6. The maximum Gasteiger partial charge on any atom is 0.224 e. The van der Waals surface area contributed by atoms with Crippen LogP contribution in [0.2, 0.25) is 5.02 Å². The second-order valence-electron chi connectivity index (χ2n) is 6.39. The smallest absolute Gasteiger partial charge is 0.224 e. The molecule has 0 spiro atoms. The Hall–Kier alpha value is -2.11. The first-order valence-corrected chi connectivity index (χ1v) is 8.87. The van der Waals surface area contributed by atoms with Crippen molar-refractivity contribution in [1.82, 2.24) is 15.2 Å². The van der Waals surface area contributed by atoms with Crippen molar-refractivity contribution >= 4 is 23.3 Å². The zero-order valence-electron chi connectivity index (χ0n) is 14.4. The van der Waals surface area contributed by atoms with Crippen LogP contribution in [0.4, 0.5) is 5.82 Å². The van der Waals surface area contributed by atoms with Crippen molar-refractivity contribution in [2.24, 2.45) is 0 Å². The highest BCUT2D eigenvalue weighted by Gasteiger charge is 2.15. The molecule has 0 bridgehead atoms. The number of likely N-dealkylation sites (N-methyl/N-ethyl adjacent to an activating group) is 1. The van der Waals surface area contributed by atoms with Gasteiger partial charge in [-0.25, -0.2) is 4.98 Å². The van der Waals surface area contributed by atoms with E-state index in [4.69, 9.17) is 11.6 Å². The van der Waals surface area contributed by atoms with E-state index in [1.807, 2.05) is 30.5 Å². The van der Waals surface area contributed by atoms with E-state index in [-0.39, 0.29) is 5.91 Å². The Balaban J connectivity index is 1.48. The van der Waals surface area contributed by atoms with Crippen LogP contribution in [0.5, 0.6) is 0 Å². The number of nitrogens with one attached hydrogen (secondary N) is 1. The van der Waals surface area contributed by atoms with Gasteiger partial charge in [0.05, 0.1) is 6.42 Å². The lowest BCUT2D eigenvalue weighted by Gasteiger charge is -2.33. The lowest BCUT2D eigenvalue weighted by Crippen LogP contribution is -2.44. The summed E-state index contributed by atoms with van der Waals surface area (Å²) >= 11 is 5.85. The van der Waals surface area contributed by atoms with Gasteiger partial charge in [-0.2, -0.15) is 0 Å². The van der Waals surface area contributed by atoms with Gasteiger partial charge in [0.15, 0.2) is 0 Å². The van der Waals surface area contributed by atoms with Gasteiger partial charge in [-0.05, 0) is 36.4 Å². The first kappa shape index (κ1) is 17.7. The summed E-state index contributed by atoms with van der Waals surface area (Å²) in [5.74, 6) is 0.995. The predicted octanol–water partition coefficient (Wildman–Crippen LogP) is 2.35. The van der Waals surface area contributed by atoms with Gasteiger partial charge in [0.25, 0.3) is 0 Å². The van der Waals surface area contributed by atoms with Gasteiger partial charge in [-0.1, -0.05) is 29.8 Å². The highest BCUT2D eigenvalue weighted by Crippen LogP contribution is 2.14. The molecule has 6 heteroatoms. The molecule has 3 rings (SSSR count). The lowest BCUT2D eigenvalue weighted by molar-refractivity contribution is -0.120. The Morgan fingerprint density at radius 3 is 2.40 bits per heavy atom. The van der Waals surface area contributed by atoms with Crippen molar-refractivity contribution in [2.75, 3.05) is 38.1 Å². The molecular weight excluding hydrogens is 336 g/mol. The molecule has 0 unspecified atom stereocenters. The molecule has 1 aliphatic heterocycles. The van der Waals surface area contributed by atoms with Crippen LogP contribution in [-0.2, 0) is 17.8 Å². The molecule has 1 aromatic carbocycles. The second kappa shape index (κ2) is 8.32. The summed E-state index contributed by atoms with van der Waals surface area (Å²) in [6, 6.07) is 11.4. The van der Waals surface area contributed by atoms with Crippen molar-refractivity contribution in [3.63, 3.8) is 0 Å². The summed E-state index contributed by atoms with van der Waals surface area (Å²) in [6.07, 6.45) is 2.19. The lowest BCUT2D eigenvalue weighted by atomic mass is 10.1. The Morgan fingerprint density at radius 1 is 1.08 bits per heavy atom. The number of benzene rings is 1. The molecule has 1 aliphatic rings. The third-order valence-corrected chi connectivity index (χ3v) is 4.66. The monoisotopic (exact) mass is 358 g/mol. The Kier molecular flexibility index (Phi) is 5.89. The van der Waals surface area contributed by atoms with Gasteiger partial charge in [0, 0.05) is 43.9 Å². The van der Waals surface area contributed by atoms with E-state index in [0.29, 0.717) is 18.0 Å². The van der Waals surface area contributed by atoms with Crippen LogP contribution in [0.15, 0.2) is 42.6 Å². The molecule has 2 aromatic rings. The summed E-state index contributed by atoms with van der Waals surface area (Å²) in [7, 11) is 2.14. The van der Waals surface area contributed by atoms with E-state index < -0.39 is 0 Å². The summed E-state index contributed by atoms with van der Waals surface area (Å²) < 4.78 is 0. The highest BCUT2D eigenvalue weighted by atomic mass is 35.5. The van der Waals surface area contributed by atoms with Crippen LogP contribution in [0.1, 0.15) is 11.1 Å². The first-order valence-electron chi connectivity index (χ1n) is 8.50. The molecule has 1 saturated heterocycles. The molecule has 1 N–H and O–H groups in total. The Bertz CT molecular complexity index is 694. The van der Waals surface area contributed by atoms with E-state index in [9.17, 15) is 4.79 Å². The molecule has 1 aromatic heterocycles. The molecule has 0 radical (unpaired) electrons. The van der Waals surface area contributed by atoms with Crippen LogP contribution in [-0.4, -0.2) is 49.0 Å². The molecule has 0 saturated carbocycles. The number of hydrogen-bond acceptors (Lipinski definition) is 4. The number of halogens is 1. The van der Waals surface area contributed by atoms with Gasteiger partial charge >= 0.3 is 0 Å². The maximum absolute atomic E-state index is 12.0. The summed E-state index contributed by atoms with van der Waals surface area (Å²) in [5.41, 5.74) is 1.95. The van der Waals surface area contributed by atoms with Gasteiger partial charge in [0.1, 0.15) is 5.82 Å². The van der Waals surface area contributed by atoms with Crippen LogP contribution in [0.3, 0.4) is 0 Å². The Labute approximate surface area is 153 Å². The third kappa shape index (κ3) is 5.18. The van der Waals surface area contributed by atoms with E-state index in [0.717, 1.165) is 43.1 Å². The van der Waals surface area contributed by atoms with Crippen molar-refractivity contribution in [3.05, 3.63) is 58.7 Å². The van der Waals surface area contributed by atoms with E-state index >= 15 is 0 Å². The largest absolute Gasteiger partial charge is 0.354 e. The maximum atomic E-state index is 12.0. The molecule has 25 heavy (non-hydrogen) atoms. The molecule has 132 valence electrons. The minimum Gasteiger partial charge on any atom is -0.354 e. The first-order chi connectivity index (χ1) is 12.1. The van der Waals surface area contributed by atoms with Gasteiger partial charge in [-0.15, -0.1) is 0 Å². The highest BCUT2D eigenvalue weighted by molar-refractivity contribution is 6.30. The zero-order valence-corrected chi connectivity index (χ0v) is 15.2. The molecule has 5 nitrogen and oxygen atoms in total. The summed E-state index contributed by atoms with van der Waals surface area (Å²) in [5, 5.41) is 3.61. The number of anilines is 1. The second-order valence-corrected chi connectivity index (χ2v) is 6.83. The fourth-order valence-electron chi connectivity index (χ4n) is 2.79. The predicted molar refractivity (Wildman–Crippen MR) is 101 cm³/mol. The van der Waals surface area contributed by atoms with Gasteiger partial charge in [-0.3, -0.25) is 4.79 Å². The van der Waals surface area contributed by atoms with Crippen molar-refractivity contribution < 1.29 is 4.79 Å². The van der Waals surface area contributed by atoms with Crippen molar-refractivity contribution in [3.8, 4) is 0 Å². The topological polar surface area (TPSA) is 48.5 Å². The van der Waals surface area contributed by atoms with Crippen molar-refractivity contribution in [1.29, 1.82) is 0 Å². The third-order valence-electron chi connectivity index (χ3n) is 4.40. The van der Waals surface area contributed by atoms with Crippen molar-refractivity contribution in [2.45, 2.75) is 13.0 Å². The number of carbonyl (C=O) groups excluding carboxylic acids is 1. The van der Waals surface area contributed by atoms with E-state index in [2.05, 4.69) is 27.1 Å². The van der Waals surface area contributed by atoms with E-state index in [1.54, 1.807) is 12.1 Å². The van der Waals surface area contributed by atoms with Crippen LogP contribution in [0, 0.1) is 0 Å².